The maximum absolute atomic E-state index is 12.6. The van der Waals surface area contributed by atoms with E-state index in [2.05, 4.69) is 0 Å². The number of aliphatic hydroxyl groups excluding tert-OH is 3. The predicted octanol–water partition coefficient (Wildman–Crippen LogP) is 2.45. The van der Waals surface area contributed by atoms with E-state index in [0.717, 1.165) is 0 Å². The molecule has 0 bridgehead atoms. The van der Waals surface area contributed by atoms with Crippen LogP contribution in [0.4, 0.5) is 0 Å². The number of Topliss-reactive ketones (excluding diaryl/α,β-unsaturated/α-hetero) is 2. The van der Waals surface area contributed by atoms with Crippen LogP contribution >= 0.6 is 0 Å². The number of ether oxygens (including phenoxy) is 3. The average Bonchev–Trinajstić information content (AvgIpc) is 3.41. The summed E-state index contributed by atoms with van der Waals surface area (Å²) in [6, 6.07) is 10.1. The molecule has 9 heteroatoms. The summed E-state index contributed by atoms with van der Waals surface area (Å²) in [5.74, 6) is 0.764. The van der Waals surface area contributed by atoms with Crippen molar-refractivity contribution >= 4 is 11.6 Å². The minimum atomic E-state index is -1.20. The Morgan fingerprint density at radius 3 is 2.58 bits per heavy atom. The van der Waals surface area contributed by atoms with Crippen molar-refractivity contribution in [3.8, 4) is 5.75 Å². The number of aliphatic hydroxyl groups is 3. The zero-order valence-corrected chi connectivity index (χ0v) is 20.3. The second-order valence-electron chi connectivity index (χ2n) is 9.69. The van der Waals surface area contributed by atoms with E-state index in [-0.39, 0.29) is 68.3 Å². The molecule has 4 rings (SSSR count). The van der Waals surface area contributed by atoms with E-state index >= 15 is 0 Å². The summed E-state index contributed by atoms with van der Waals surface area (Å²) in [6.45, 7) is 2.39. The molecule has 2 saturated heterocycles. The molecule has 0 aliphatic carbocycles. The molecule has 9 nitrogen and oxygen atoms in total. The highest BCUT2D eigenvalue weighted by molar-refractivity contribution is 6.08. The lowest BCUT2D eigenvalue weighted by Crippen LogP contribution is -2.49. The van der Waals surface area contributed by atoms with Crippen LogP contribution in [0.25, 0.3) is 0 Å². The average molecular weight is 503 g/mol. The lowest BCUT2D eigenvalue weighted by atomic mass is 9.90. The van der Waals surface area contributed by atoms with Gasteiger partial charge in [-0.15, -0.1) is 0 Å². The molecule has 3 N–H and O–H groups in total. The van der Waals surface area contributed by atoms with E-state index in [1.807, 2.05) is 6.92 Å². The normalized spacial score (nSPS) is 28.4. The third kappa shape index (κ3) is 7.02. The summed E-state index contributed by atoms with van der Waals surface area (Å²) in [7, 11) is 0. The first kappa shape index (κ1) is 26.5. The molecule has 36 heavy (non-hydrogen) atoms. The molecule has 2 aliphatic rings. The Balaban J connectivity index is 1.24. The van der Waals surface area contributed by atoms with E-state index in [1.54, 1.807) is 42.7 Å². The molecule has 2 aliphatic heterocycles. The van der Waals surface area contributed by atoms with Gasteiger partial charge in [0.05, 0.1) is 43.2 Å². The van der Waals surface area contributed by atoms with Crippen LogP contribution in [-0.2, 0) is 20.9 Å². The molecule has 2 aromatic rings. The number of benzene rings is 1. The van der Waals surface area contributed by atoms with E-state index < -0.39 is 18.3 Å². The summed E-state index contributed by atoms with van der Waals surface area (Å²) in [4.78, 5) is 25.2. The lowest BCUT2D eigenvalue weighted by molar-refractivity contribution is -0.174. The first-order valence-corrected chi connectivity index (χ1v) is 12.4. The van der Waals surface area contributed by atoms with Gasteiger partial charge in [0.15, 0.2) is 5.78 Å². The molecule has 7 atom stereocenters. The Morgan fingerprint density at radius 1 is 1.11 bits per heavy atom. The standard InChI is InChI=1S/C27H34O9/c1-16(8-9-28)27-25(36-27)14-21-13-23(31)26(32)24(35-21)12-18(29)11-22(30)17-4-6-19(7-5-17)34-15-20-3-2-10-33-20/h2-7,10,16,21,23-28,31-32H,8-9,11-15H2,1H3/t16-,21-,23+,24-,25-,26+,27-/m0/s1. The van der Waals surface area contributed by atoms with E-state index in [9.17, 15) is 19.8 Å². The summed E-state index contributed by atoms with van der Waals surface area (Å²) in [6.07, 6.45) is -0.922. The van der Waals surface area contributed by atoms with Crippen molar-refractivity contribution in [2.24, 2.45) is 5.92 Å². The Bertz CT molecular complexity index is 987. The second-order valence-corrected chi connectivity index (χ2v) is 9.69. The van der Waals surface area contributed by atoms with Crippen molar-refractivity contribution < 1.29 is 43.5 Å². The van der Waals surface area contributed by atoms with Crippen molar-refractivity contribution in [1.29, 1.82) is 0 Å². The van der Waals surface area contributed by atoms with Crippen LogP contribution in [-0.4, -0.2) is 70.1 Å². The van der Waals surface area contributed by atoms with Crippen LogP contribution in [0.3, 0.4) is 0 Å². The first-order valence-electron chi connectivity index (χ1n) is 12.4. The van der Waals surface area contributed by atoms with Crippen LogP contribution in [0.1, 0.15) is 55.1 Å². The van der Waals surface area contributed by atoms with Crippen molar-refractivity contribution in [2.45, 2.75) is 82.3 Å². The van der Waals surface area contributed by atoms with Gasteiger partial charge in [-0.2, -0.15) is 0 Å². The van der Waals surface area contributed by atoms with Gasteiger partial charge in [-0.3, -0.25) is 9.59 Å². The van der Waals surface area contributed by atoms with Gasteiger partial charge in [0.25, 0.3) is 0 Å². The van der Waals surface area contributed by atoms with Crippen LogP contribution in [0.15, 0.2) is 47.1 Å². The lowest BCUT2D eigenvalue weighted by Gasteiger charge is -2.37. The minimum absolute atomic E-state index is 0.0250. The fourth-order valence-corrected chi connectivity index (χ4v) is 4.70. The molecule has 196 valence electrons. The third-order valence-corrected chi connectivity index (χ3v) is 6.83. The van der Waals surface area contributed by atoms with Crippen molar-refractivity contribution in [1.82, 2.24) is 0 Å². The van der Waals surface area contributed by atoms with Crippen LogP contribution in [0, 0.1) is 5.92 Å². The second kappa shape index (κ2) is 12.1. The zero-order chi connectivity index (χ0) is 25.7. The predicted molar refractivity (Wildman–Crippen MR) is 127 cm³/mol. The van der Waals surface area contributed by atoms with E-state index in [4.69, 9.17) is 23.7 Å². The Kier molecular flexibility index (Phi) is 8.92. The largest absolute Gasteiger partial charge is 0.486 e. The molecule has 0 spiro atoms. The summed E-state index contributed by atoms with van der Waals surface area (Å²) in [5, 5.41) is 29.8. The summed E-state index contributed by atoms with van der Waals surface area (Å²) < 4.78 is 22.5. The maximum atomic E-state index is 12.6. The molecule has 0 radical (unpaired) electrons. The molecular formula is C27H34O9. The Hall–Kier alpha value is -2.56. The third-order valence-electron chi connectivity index (χ3n) is 6.83. The number of hydrogen-bond acceptors (Lipinski definition) is 9. The number of rotatable bonds is 13. The minimum Gasteiger partial charge on any atom is -0.486 e. The first-order chi connectivity index (χ1) is 17.3. The Labute approximate surface area is 210 Å². The number of epoxide rings is 1. The van der Waals surface area contributed by atoms with Crippen LogP contribution in [0.5, 0.6) is 5.75 Å². The fourth-order valence-electron chi connectivity index (χ4n) is 4.70. The van der Waals surface area contributed by atoms with Gasteiger partial charge in [0.1, 0.15) is 30.0 Å². The SMILES string of the molecule is C[C@@H](CCO)[C@@H]1O[C@H]1C[C@@H]1C[C@@H](O)[C@@H](O)[C@H](CC(=O)CC(=O)c2ccc(OCc3ccco3)cc2)O1. The Morgan fingerprint density at radius 2 is 1.89 bits per heavy atom. The molecule has 0 amide bonds. The number of carbonyl (C=O) groups excluding carboxylic acids is 2. The zero-order valence-electron chi connectivity index (χ0n) is 20.3. The van der Waals surface area contributed by atoms with Gasteiger partial charge < -0.3 is 33.9 Å². The molecule has 0 unspecified atom stereocenters. The van der Waals surface area contributed by atoms with Crippen molar-refractivity contribution in [2.75, 3.05) is 6.61 Å². The smallest absolute Gasteiger partial charge is 0.170 e. The molecule has 3 heterocycles. The monoisotopic (exact) mass is 502 g/mol. The van der Waals surface area contributed by atoms with E-state index in [1.165, 1.54) is 0 Å². The topological polar surface area (TPSA) is 139 Å². The van der Waals surface area contributed by atoms with Gasteiger partial charge >= 0.3 is 0 Å². The number of ketones is 2. The highest BCUT2D eigenvalue weighted by Crippen LogP contribution is 2.37. The molecule has 1 aromatic carbocycles. The fraction of sp³-hybridized carbons (Fsp3) is 0.556. The highest BCUT2D eigenvalue weighted by Gasteiger charge is 2.46. The van der Waals surface area contributed by atoms with Gasteiger partial charge in [0, 0.05) is 31.4 Å². The van der Waals surface area contributed by atoms with Gasteiger partial charge in [0.2, 0.25) is 0 Å². The van der Waals surface area contributed by atoms with E-state index in [0.29, 0.717) is 29.9 Å². The molecular weight excluding hydrogens is 468 g/mol. The summed E-state index contributed by atoms with van der Waals surface area (Å²) in [5.41, 5.74) is 0.380. The van der Waals surface area contributed by atoms with Gasteiger partial charge in [-0.1, -0.05) is 6.92 Å². The molecule has 2 fully saturated rings. The highest BCUT2D eigenvalue weighted by atomic mass is 16.6. The quantitative estimate of drug-likeness (QED) is 0.214. The van der Waals surface area contributed by atoms with Crippen LogP contribution in [0.2, 0.25) is 0 Å². The van der Waals surface area contributed by atoms with Crippen LogP contribution < -0.4 is 4.74 Å². The van der Waals surface area contributed by atoms with Gasteiger partial charge in [-0.05, 0) is 48.7 Å². The van der Waals surface area contributed by atoms with Gasteiger partial charge in [-0.25, -0.2) is 0 Å². The maximum Gasteiger partial charge on any atom is 0.170 e. The number of carbonyl (C=O) groups is 2. The number of hydrogen-bond donors (Lipinski definition) is 3. The molecule has 1 aromatic heterocycles. The number of furan rings is 1. The molecule has 0 saturated carbocycles. The van der Waals surface area contributed by atoms with Crippen molar-refractivity contribution in [3.05, 3.63) is 54.0 Å². The van der Waals surface area contributed by atoms with Crippen molar-refractivity contribution in [3.63, 3.8) is 0 Å². The summed E-state index contributed by atoms with van der Waals surface area (Å²) >= 11 is 0.